The molecule has 1 aromatic carbocycles. The first-order valence-electron chi connectivity index (χ1n) is 6.34. The number of carbonyl (C=O) groups is 1. The van der Waals surface area contributed by atoms with Gasteiger partial charge >= 0.3 is 0 Å². The van der Waals surface area contributed by atoms with Gasteiger partial charge in [-0.1, -0.05) is 5.16 Å². The molecule has 0 aliphatic carbocycles. The van der Waals surface area contributed by atoms with Crippen LogP contribution in [-0.2, 0) is 0 Å². The van der Waals surface area contributed by atoms with Crippen molar-refractivity contribution >= 4 is 5.91 Å². The number of halogens is 3. The van der Waals surface area contributed by atoms with Gasteiger partial charge in [-0.15, -0.1) is 0 Å². The summed E-state index contributed by atoms with van der Waals surface area (Å²) < 4.78 is 44.9. The van der Waals surface area contributed by atoms with Gasteiger partial charge in [0.05, 0.1) is 17.3 Å². The van der Waals surface area contributed by atoms with E-state index in [1.165, 1.54) is 0 Å². The van der Waals surface area contributed by atoms with E-state index in [9.17, 15) is 18.0 Å². The van der Waals surface area contributed by atoms with Gasteiger partial charge in [-0.25, -0.2) is 8.78 Å². The quantitative estimate of drug-likeness (QED) is 0.854. The van der Waals surface area contributed by atoms with Crippen molar-refractivity contribution in [1.29, 1.82) is 0 Å². The zero-order chi connectivity index (χ0) is 16.6. The summed E-state index contributed by atoms with van der Waals surface area (Å²) in [6.45, 7) is 4.91. The maximum atomic E-state index is 13.7. The highest BCUT2D eigenvalue weighted by Gasteiger charge is 2.25. The summed E-state index contributed by atoms with van der Waals surface area (Å²) >= 11 is 0. The molecule has 0 radical (unpaired) electrons. The molecule has 2 aromatic rings. The number of phenolic OH excluding ortho intramolecular Hbond substituents is 1. The predicted octanol–water partition coefficient (Wildman–Crippen LogP) is 2.91. The second-order valence-electron chi connectivity index (χ2n) is 4.82. The predicted molar refractivity (Wildman–Crippen MR) is 69.8 cm³/mol. The van der Waals surface area contributed by atoms with Gasteiger partial charge in [0, 0.05) is 5.56 Å². The monoisotopic (exact) mass is 314 g/mol. The molecule has 0 spiro atoms. The highest BCUT2D eigenvalue weighted by atomic mass is 19.2. The number of hydrogen-bond donors (Lipinski definition) is 2. The maximum Gasteiger partial charge on any atom is 0.254 e. The van der Waals surface area contributed by atoms with Crippen LogP contribution < -0.4 is 5.32 Å². The first-order chi connectivity index (χ1) is 10.2. The van der Waals surface area contributed by atoms with Crippen molar-refractivity contribution < 1.29 is 27.6 Å². The Bertz CT molecular complexity index is 724. The topological polar surface area (TPSA) is 75.4 Å². The number of nitrogens with one attached hydrogen (secondary N) is 1. The molecule has 0 saturated carbocycles. The average molecular weight is 314 g/mol. The van der Waals surface area contributed by atoms with Crippen molar-refractivity contribution in [3.05, 3.63) is 46.1 Å². The minimum atomic E-state index is -1.74. The lowest BCUT2D eigenvalue weighted by atomic mass is 10.1. The van der Waals surface area contributed by atoms with E-state index in [-0.39, 0.29) is 0 Å². The minimum absolute atomic E-state index is 0.389. The highest BCUT2D eigenvalue weighted by Crippen LogP contribution is 2.27. The standard InChI is InChI=1S/C14H13F3N2O3/c1-5(10-6(2)19-22-7(10)3)18-14(21)8-4-9(15)12(17)13(20)11(8)16/h4-5,20H,1-3H3,(H,18,21)/t5-/m1/s1. The Morgan fingerprint density at radius 3 is 2.50 bits per heavy atom. The third kappa shape index (κ3) is 2.63. The molecule has 2 N–H and O–H groups in total. The van der Waals surface area contributed by atoms with Crippen molar-refractivity contribution in [2.45, 2.75) is 26.8 Å². The van der Waals surface area contributed by atoms with Crippen LogP contribution in [0.5, 0.6) is 5.75 Å². The van der Waals surface area contributed by atoms with Gasteiger partial charge < -0.3 is 14.9 Å². The summed E-state index contributed by atoms with van der Waals surface area (Å²) in [6.07, 6.45) is 0. The Hall–Kier alpha value is -2.51. The fraction of sp³-hybridized carbons (Fsp3) is 0.286. The molecule has 118 valence electrons. The number of rotatable bonds is 3. The average Bonchev–Trinajstić information content (AvgIpc) is 2.79. The summed E-state index contributed by atoms with van der Waals surface area (Å²) in [5, 5.41) is 15.3. The molecule has 2 rings (SSSR count). The van der Waals surface area contributed by atoms with Crippen LogP contribution in [0.15, 0.2) is 10.6 Å². The first-order valence-corrected chi connectivity index (χ1v) is 6.34. The van der Waals surface area contributed by atoms with Gasteiger partial charge in [0.25, 0.3) is 5.91 Å². The molecule has 0 bridgehead atoms. The Balaban J connectivity index is 2.31. The van der Waals surface area contributed by atoms with Crippen LogP contribution in [-0.4, -0.2) is 16.2 Å². The van der Waals surface area contributed by atoms with E-state index in [0.29, 0.717) is 23.1 Å². The third-order valence-electron chi connectivity index (χ3n) is 3.25. The normalized spacial score (nSPS) is 12.3. The smallest absolute Gasteiger partial charge is 0.254 e. The van der Waals surface area contributed by atoms with Crippen LogP contribution in [0, 0.1) is 31.3 Å². The molecule has 1 aromatic heterocycles. The molecule has 0 aliphatic heterocycles. The lowest BCUT2D eigenvalue weighted by Gasteiger charge is -2.14. The molecule has 1 amide bonds. The lowest BCUT2D eigenvalue weighted by Crippen LogP contribution is -2.28. The SMILES string of the molecule is Cc1noc(C)c1[C@@H](C)NC(=O)c1cc(F)c(F)c(O)c1F. The molecular formula is C14H13F3N2O3. The van der Waals surface area contributed by atoms with E-state index >= 15 is 0 Å². The Labute approximate surface area is 123 Å². The van der Waals surface area contributed by atoms with Gasteiger partial charge in [-0.05, 0) is 26.8 Å². The summed E-state index contributed by atoms with van der Waals surface area (Å²) in [5.41, 5.74) is 0.342. The number of aromatic nitrogens is 1. The van der Waals surface area contributed by atoms with E-state index in [1.807, 2.05) is 0 Å². The van der Waals surface area contributed by atoms with Crippen molar-refractivity contribution in [3.63, 3.8) is 0 Å². The second-order valence-corrected chi connectivity index (χ2v) is 4.82. The zero-order valence-corrected chi connectivity index (χ0v) is 12.0. The summed E-state index contributed by atoms with van der Waals surface area (Å²) in [4.78, 5) is 12.0. The highest BCUT2D eigenvalue weighted by molar-refractivity contribution is 5.95. The van der Waals surface area contributed by atoms with Crippen LogP contribution in [0.1, 0.15) is 40.3 Å². The fourth-order valence-corrected chi connectivity index (χ4v) is 2.21. The molecule has 1 heterocycles. The van der Waals surface area contributed by atoms with Crippen LogP contribution in [0.4, 0.5) is 13.2 Å². The molecule has 5 nitrogen and oxygen atoms in total. The van der Waals surface area contributed by atoms with Gasteiger partial charge in [-0.2, -0.15) is 4.39 Å². The Kier molecular flexibility index (Phi) is 4.11. The second kappa shape index (κ2) is 5.70. The summed E-state index contributed by atoms with van der Waals surface area (Å²) in [6, 6.07) is -0.215. The Morgan fingerprint density at radius 2 is 1.95 bits per heavy atom. The summed E-state index contributed by atoms with van der Waals surface area (Å²) in [5.74, 6) is -6.85. The van der Waals surface area contributed by atoms with Crippen LogP contribution in [0.25, 0.3) is 0 Å². The molecular weight excluding hydrogens is 301 g/mol. The number of hydrogen-bond acceptors (Lipinski definition) is 4. The zero-order valence-electron chi connectivity index (χ0n) is 12.0. The number of phenols is 1. The van der Waals surface area contributed by atoms with Crippen molar-refractivity contribution in [1.82, 2.24) is 10.5 Å². The molecule has 22 heavy (non-hydrogen) atoms. The van der Waals surface area contributed by atoms with E-state index in [2.05, 4.69) is 10.5 Å². The summed E-state index contributed by atoms with van der Waals surface area (Å²) in [7, 11) is 0. The minimum Gasteiger partial charge on any atom is -0.503 e. The number of benzene rings is 1. The maximum absolute atomic E-state index is 13.7. The van der Waals surface area contributed by atoms with Gasteiger partial charge in [0.2, 0.25) is 5.82 Å². The Morgan fingerprint density at radius 1 is 1.32 bits per heavy atom. The van der Waals surface area contributed by atoms with E-state index in [4.69, 9.17) is 9.63 Å². The lowest BCUT2D eigenvalue weighted by molar-refractivity contribution is 0.0933. The number of nitrogens with zero attached hydrogens (tertiary/aromatic N) is 1. The number of aryl methyl sites for hydroxylation is 2. The van der Waals surface area contributed by atoms with Gasteiger partial charge in [0.15, 0.2) is 17.4 Å². The van der Waals surface area contributed by atoms with Gasteiger partial charge in [0.1, 0.15) is 5.76 Å². The molecule has 0 aliphatic rings. The molecule has 1 atom stereocenters. The number of carbonyl (C=O) groups excluding carboxylic acids is 1. The van der Waals surface area contributed by atoms with Crippen molar-refractivity contribution in [2.24, 2.45) is 0 Å². The van der Waals surface area contributed by atoms with Crippen LogP contribution >= 0.6 is 0 Å². The molecule has 8 heteroatoms. The van der Waals surface area contributed by atoms with Crippen LogP contribution in [0.2, 0.25) is 0 Å². The fourth-order valence-electron chi connectivity index (χ4n) is 2.21. The number of amides is 1. The van der Waals surface area contributed by atoms with E-state index in [1.54, 1.807) is 20.8 Å². The van der Waals surface area contributed by atoms with E-state index < -0.39 is 40.7 Å². The van der Waals surface area contributed by atoms with Gasteiger partial charge in [-0.3, -0.25) is 4.79 Å². The first kappa shape index (κ1) is 15.9. The molecule has 0 saturated heterocycles. The van der Waals surface area contributed by atoms with Crippen molar-refractivity contribution in [2.75, 3.05) is 0 Å². The largest absolute Gasteiger partial charge is 0.503 e. The third-order valence-corrected chi connectivity index (χ3v) is 3.25. The van der Waals surface area contributed by atoms with Crippen LogP contribution in [0.3, 0.4) is 0 Å². The molecule has 0 fully saturated rings. The molecule has 0 unspecified atom stereocenters. The van der Waals surface area contributed by atoms with E-state index in [0.717, 1.165) is 0 Å². The number of aromatic hydroxyl groups is 1. The van der Waals surface area contributed by atoms with Crippen molar-refractivity contribution in [3.8, 4) is 5.75 Å².